The SMILES string of the molecule is CC(C)COC(=O)NC(c1ccc(N(C)C)cc1)c1nccn1C. The quantitative estimate of drug-likeness (QED) is 0.885. The van der Waals surface area contributed by atoms with Crippen LogP contribution in [0.1, 0.15) is 31.3 Å². The number of benzene rings is 1. The maximum Gasteiger partial charge on any atom is 0.408 e. The van der Waals surface area contributed by atoms with E-state index in [4.69, 9.17) is 4.74 Å². The first-order chi connectivity index (χ1) is 11.4. The smallest absolute Gasteiger partial charge is 0.408 e. The number of aromatic nitrogens is 2. The number of anilines is 1. The second kappa shape index (κ2) is 7.86. The van der Waals surface area contributed by atoms with Gasteiger partial charge in [-0.15, -0.1) is 0 Å². The summed E-state index contributed by atoms with van der Waals surface area (Å²) in [4.78, 5) is 18.5. The minimum absolute atomic E-state index is 0.293. The van der Waals surface area contributed by atoms with E-state index in [-0.39, 0.29) is 6.04 Å². The number of carbonyl (C=O) groups is 1. The molecule has 2 rings (SSSR count). The van der Waals surface area contributed by atoms with E-state index < -0.39 is 6.09 Å². The Morgan fingerprint density at radius 2 is 1.96 bits per heavy atom. The molecule has 1 unspecified atom stereocenters. The van der Waals surface area contributed by atoms with Gasteiger partial charge < -0.3 is 19.5 Å². The lowest BCUT2D eigenvalue weighted by Gasteiger charge is -2.20. The Kier molecular flexibility index (Phi) is 5.84. The molecule has 1 aromatic heterocycles. The molecule has 0 radical (unpaired) electrons. The summed E-state index contributed by atoms with van der Waals surface area (Å²) in [6.07, 6.45) is 3.14. The van der Waals surface area contributed by atoms with E-state index in [0.717, 1.165) is 17.1 Å². The van der Waals surface area contributed by atoms with Crippen LogP contribution in [0, 0.1) is 5.92 Å². The fraction of sp³-hybridized carbons (Fsp3) is 0.444. The third-order valence-electron chi connectivity index (χ3n) is 3.67. The topological polar surface area (TPSA) is 59.4 Å². The van der Waals surface area contributed by atoms with Crippen molar-refractivity contribution in [3.8, 4) is 0 Å². The minimum Gasteiger partial charge on any atom is -0.449 e. The number of alkyl carbamates (subject to hydrolysis) is 1. The van der Waals surface area contributed by atoms with Gasteiger partial charge >= 0.3 is 6.09 Å². The Morgan fingerprint density at radius 3 is 2.46 bits per heavy atom. The molecule has 0 aliphatic carbocycles. The minimum atomic E-state index is -0.437. The first kappa shape index (κ1) is 17.8. The Labute approximate surface area is 143 Å². The van der Waals surface area contributed by atoms with Gasteiger partial charge in [0.15, 0.2) is 0 Å². The molecule has 0 saturated heterocycles. The lowest BCUT2D eigenvalue weighted by molar-refractivity contribution is 0.130. The van der Waals surface area contributed by atoms with Crippen LogP contribution < -0.4 is 10.2 Å². The zero-order valence-electron chi connectivity index (χ0n) is 15.0. The van der Waals surface area contributed by atoms with Gasteiger partial charge in [-0.05, 0) is 23.6 Å². The first-order valence-electron chi connectivity index (χ1n) is 8.06. The third-order valence-corrected chi connectivity index (χ3v) is 3.67. The summed E-state index contributed by atoms with van der Waals surface area (Å²) in [6.45, 7) is 4.39. The molecule has 1 amide bonds. The van der Waals surface area contributed by atoms with Crippen molar-refractivity contribution in [1.29, 1.82) is 0 Å². The molecule has 0 spiro atoms. The van der Waals surface area contributed by atoms with Crippen LogP contribution >= 0.6 is 0 Å². The molecule has 0 aliphatic rings. The van der Waals surface area contributed by atoms with Crippen molar-refractivity contribution in [2.24, 2.45) is 13.0 Å². The van der Waals surface area contributed by atoms with Crippen LogP contribution in [0.5, 0.6) is 0 Å². The molecule has 1 aromatic carbocycles. The Bertz CT molecular complexity index is 662. The highest BCUT2D eigenvalue weighted by atomic mass is 16.5. The van der Waals surface area contributed by atoms with Crippen molar-refractivity contribution in [1.82, 2.24) is 14.9 Å². The van der Waals surface area contributed by atoms with Gasteiger partial charge in [-0.3, -0.25) is 0 Å². The largest absolute Gasteiger partial charge is 0.449 e. The highest BCUT2D eigenvalue weighted by molar-refractivity contribution is 5.68. The number of ether oxygens (including phenoxy) is 1. The average molecular weight is 330 g/mol. The Morgan fingerprint density at radius 1 is 1.29 bits per heavy atom. The zero-order valence-corrected chi connectivity index (χ0v) is 15.0. The summed E-state index contributed by atoms with van der Waals surface area (Å²) < 4.78 is 7.16. The fourth-order valence-electron chi connectivity index (χ4n) is 2.32. The Hall–Kier alpha value is -2.50. The molecule has 1 N–H and O–H groups in total. The van der Waals surface area contributed by atoms with Crippen LogP contribution in [-0.4, -0.2) is 36.3 Å². The van der Waals surface area contributed by atoms with Crippen molar-refractivity contribution in [2.75, 3.05) is 25.6 Å². The van der Waals surface area contributed by atoms with Crippen LogP contribution in [0.15, 0.2) is 36.7 Å². The van der Waals surface area contributed by atoms with Crippen molar-refractivity contribution in [3.05, 3.63) is 48.0 Å². The van der Waals surface area contributed by atoms with Crippen LogP contribution in [0.3, 0.4) is 0 Å². The number of rotatable bonds is 6. The van der Waals surface area contributed by atoms with Gasteiger partial charge in [0.05, 0.1) is 6.61 Å². The molecule has 130 valence electrons. The number of carbonyl (C=O) groups excluding carboxylic acids is 1. The van der Waals surface area contributed by atoms with Crippen LogP contribution in [0.4, 0.5) is 10.5 Å². The van der Waals surface area contributed by atoms with Gasteiger partial charge in [-0.2, -0.15) is 0 Å². The first-order valence-corrected chi connectivity index (χ1v) is 8.06. The lowest BCUT2D eigenvalue weighted by atomic mass is 10.1. The van der Waals surface area contributed by atoms with Crippen molar-refractivity contribution in [2.45, 2.75) is 19.9 Å². The van der Waals surface area contributed by atoms with Gasteiger partial charge in [0.2, 0.25) is 0 Å². The molecule has 0 bridgehead atoms. The summed E-state index contributed by atoms with van der Waals surface area (Å²) in [7, 11) is 5.89. The van der Waals surface area contributed by atoms with Crippen molar-refractivity contribution < 1.29 is 9.53 Å². The molecule has 0 aliphatic heterocycles. The average Bonchev–Trinajstić information content (AvgIpc) is 2.96. The second-order valence-electron chi connectivity index (χ2n) is 6.45. The number of aryl methyl sites for hydroxylation is 1. The maximum atomic E-state index is 12.1. The third kappa shape index (κ3) is 4.50. The monoisotopic (exact) mass is 330 g/mol. The molecule has 2 aromatic rings. The summed E-state index contributed by atoms with van der Waals surface area (Å²) in [5.74, 6) is 1.05. The molecular weight excluding hydrogens is 304 g/mol. The van der Waals surface area contributed by atoms with Crippen molar-refractivity contribution in [3.63, 3.8) is 0 Å². The fourth-order valence-corrected chi connectivity index (χ4v) is 2.32. The number of imidazole rings is 1. The summed E-state index contributed by atoms with van der Waals surface area (Å²) in [5, 5.41) is 2.92. The van der Waals surface area contributed by atoms with E-state index in [2.05, 4.69) is 10.3 Å². The van der Waals surface area contributed by atoms with Gasteiger partial charge in [0.1, 0.15) is 11.9 Å². The van der Waals surface area contributed by atoms with Gasteiger partial charge in [-0.1, -0.05) is 26.0 Å². The number of nitrogens with one attached hydrogen (secondary N) is 1. The van der Waals surface area contributed by atoms with Gasteiger partial charge in [0.25, 0.3) is 0 Å². The maximum absolute atomic E-state index is 12.1. The van der Waals surface area contributed by atoms with Crippen molar-refractivity contribution >= 4 is 11.8 Å². The summed E-state index contributed by atoms with van der Waals surface area (Å²) >= 11 is 0. The molecule has 24 heavy (non-hydrogen) atoms. The van der Waals surface area contributed by atoms with Crippen LogP contribution in [0.25, 0.3) is 0 Å². The number of hydrogen-bond donors (Lipinski definition) is 1. The van der Waals surface area contributed by atoms with E-state index >= 15 is 0 Å². The van der Waals surface area contributed by atoms with Gasteiger partial charge in [0, 0.05) is 39.2 Å². The normalized spacial score (nSPS) is 12.1. The predicted octanol–water partition coefficient (Wildman–Crippen LogP) is 2.96. The van der Waals surface area contributed by atoms with E-state index in [0.29, 0.717) is 12.5 Å². The number of amides is 1. The van der Waals surface area contributed by atoms with E-state index in [1.54, 1.807) is 6.20 Å². The molecule has 6 nitrogen and oxygen atoms in total. The van der Waals surface area contributed by atoms with E-state index in [9.17, 15) is 4.79 Å². The highest BCUT2D eigenvalue weighted by Gasteiger charge is 2.21. The highest BCUT2D eigenvalue weighted by Crippen LogP contribution is 2.23. The molecule has 1 heterocycles. The molecule has 0 fully saturated rings. The van der Waals surface area contributed by atoms with Crippen LogP contribution in [-0.2, 0) is 11.8 Å². The summed E-state index contributed by atoms with van der Waals surface area (Å²) in [6, 6.07) is 7.68. The molecular formula is C18H26N4O2. The molecule has 0 saturated carbocycles. The zero-order chi connectivity index (χ0) is 17.7. The van der Waals surface area contributed by atoms with E-state index in [1.807, 2.05) is 74.9 Å². The van der Waals surface area contributed by atoms with Gasteiger partial charge in [-0.25, -0.2) is 9.78 Å². The van der Waals surface area contributed by atoms with E-state index in [1.165, 1.54) is 0 Å². The Balaban J connectivity index is 2.23. The predicted molar refractivity (Wildman–Crippen MR) is 95.1 cm³/mol. The number of nitrogens with zero attached hydrogens (tertiary/aromatic N) is 3. The molecule has 6 heteroatoms. The summed E-state index contributed by atoms with van der Waals surface area (Å²) in [5.41, 5.74) is 2.05. The molecule has 1 atom stereocenters. The standard InChI is InChI=1S/C18H26N4O2/c1-13(2)12-24-18(23)20-16(17-19-10-11-22(17)5)14-6-8-15(9-7-14)21(3)4/h6-11,13,16H,12H2,1-5H3,(H,20,23). The lowest BCUT2D eigenvalue weighted by Crippen LogP contribution is -2.32. The number of hydrogen-bond acceptors (Lipinski definition) is 4. The van der Waals surface area contributed by atoms with Crippen LogP contribution in [0.2, 0.25) is 0 Å². The second-order valence-corrected chi connectivity index (χ2v) is 6.45.